The van der Waals surface area contributed by atoms with Gasteiger partial charge in [0.2, 0.25) is 0 Å². The molecule has 1 aliphatic carbocycles. The molecule has 1 N–H and O–H groups in total. The van der Waals surface area contributed by atoms with Gasteiger partial charge in [-0.2, -0.15) is 0 Å². The quantitative estimate of drug-likeness (QED) is 0.535. The third kappa shape index (κ3) is 4.55. The van der Waals surface area contributed by atoms with Gasteiger partial charge in [-0.25, -0.2) is 0 Å². The topological polar surface area (TPSA) is 68.2 Å². The van der Waals surface area contributed by atoms with E-state index in [0.717, 1.165) is 42.0 Å². The number of methoxy groups -OCH3 is 2. The van der Waals surface area contributed by atoms with Gasteiger partial charge in [0, 0.05) is 18.0 Å². The van der Waals surface area contributed by atoms with Gasteiger partial charge in [0.05, 0.1) is 25.9 Å². The fourth-order valence-electron chi connectivity index (χ4n) is 5.90. The minimum absolute atomic E-state index is 0.0632. The molecule has 2 fully saturated rings. The first kappa shape index (κ1) is 23.5. The zero-order valence-corrected chi connectivity index (χ0v) is 20.4. The third-order valence-electron chi connectivity index (χ3n) is 7.73. The van der Waals surface area contributed by atoms with Crippen molar-refractivity contribution in [3.05, 3.63) is 66.2 Å². The van der Waals surface area contributed by atoms with Gasteiger partial charge in [0.15, 0.2) is 6.61 Å². The lowest BCUT2D eigenvalue weighted by atomic mass is 9.66. The Balaban J connectivity index is 1.44. The number of fused-ring (bicyclic) bond motifs is 2. The molecule has 0 radical (unpaired) electrons. The predicted molar refractivity (Wildman–Crippen MR) is 135 cm³/mol. The average molecular weight is 476 g/mol. The van der Waals surface area contributed by atoms with E-state index < -0.39 is 5.60 Å². The number of ether oxygens (including phenoxy) is 3. The summed E-state index contributed by atoms with van der Waals surface area (Å²) in [4.78, 5) is 15.5. The van der Waals surface area contributed by atoms with Crippen molar-refractivity contribution in [3.63, 3.8) is 0 Å². The van der Waals surface area contributed by atoms with Gasteiger partial charge in [-0.05, 0) is 60.4 Å². The molecule has 184 valence electrons. The number of amides is 1. The molecule has 1 heterocycles. The molecular formula is C29H33NO5. The van der Waals surface area contributed by atoms with Crippen LogP contribution < -0.4 is 14.2 Å². The highest BCUT2D eigenvalue weighted by molar-refractivity contribution is 5.84. The normalized spacial score (nSPS) is 24.0. The van der Waals surface area contributed by atoms with Crippen LogP contribution >= 0.6 is 0 Å². The van der Waals surface area contributed by atoms with Crippen molar-refractivity contribution >= 4 is 16.7 Å². The molecule has 0 spiro atoms. The second-order valence-corrected chi connectivity index (χ2v) is 9.64. The summed E-state index contributed by atoms with van der Waals surface area (Å²) in [6, 6.07) is 19.3. The monoisotopic (exact) mass is 475 g/mol. The highest BCUT2D eigenvalue weighted by Gasteiger charge is 2.51. The highest BCUT2D eigenvalue weighted by atomic mass is 16.5. The number of carbonyl (C=O) groups is 1. The summed E-state index contributed by atoms with van der Waals surface area (Å²) in [6.45, 7) is 0.407. The molecule has 2 aliphatic rings. The van der Waals surface area contributed by atoms with Gasteiger partial charge in [0.1, 0.15) is 17.2 Å². The van der Waals surface area contributed by atoms with E-state index >= 15 is 0 Å². The first-order chi connectivity index (χ1) is 17.0. The summed E-state index contributed by atoms with van der Waals surface area (Å²) in [5.41, 5.74) is 0.0865. The van der Waals surface area contributed by atoms with E-state index in [9.17, 15) is 9.90 Å². The summed E-state index contributed by atoms with van der Waals surface area (Å²) >= 11 is 0. The summed E-state index contributed by atoms with van der Waals surface area (Å²) in [7, 11) is 3.26. The van der Waals surface area contributed by atoms with Crippen molar-refractivity contribution < 1.29 is 24.1 Å². The van der Waals surface area contributed by atoms with Crippen LogP contribution in [0.4, 0.5) is 0 Å². The molecule has 1 saturated carbocycles. The molecule has 6 nitrogen and oxygen atoms in total. The Labute approximate surface area is 206 Å². The lowest BCUT2D eigenvalue weighted by Gasteiger charge is -2.52. The van der Waals surface area contributed by atoms with Gasteiger partial charge >= 0.3 is 0 Å². The van der Waals surface area contributed by atoms with Gasteiger partial charge in [-0.15, -0.1) is 0 Å². The van der Waals surface area contributed by atoms with Crippen molar-refractivity contribution in [1.82, 2.24) is 4.90 Å². The first-order valence-electron chi connectivity index (χ1n) is 12.4. The van der Waals surface area contributed by atoms with E-state index in [-0.39, 0.29) is 24.5 Å². The SMILES string of the molecule is COc1ccc(OC)c([C@H]2[C@H]3CCCC[C@]3(O)CCN2C(=O)COc2ccc3ccccc3c2)c1. The molecule has 5 rings (SSSR count). The summed E-state index contributed by atoms with van der Waals surface area (Å²) in [6.07, 6.45) is 4.23. The van der Waals surface area contributed by atoms with E-state index in [1.54, 1.807) is 14.2 Å². The molecule has 1 saturated heterocycles. The van der Waals surface area contributed by atoms with Gasteiger partial charge in [-0.1, -0.05) is 43.2 Å². The van der Waals surface area contributed by atoms with Gasteiger partial charge in [0.25, 0.3) is 5.91 Å². The van der Waals surface area contributed by atoms with Crippen LogP contribution in [0.5, 0.6) is 17.2 Å². The Morgan fingerprint density at radius 3 is 2.57 bits per heavy atom. The Kier molecular flexibility index (Phi) is 6.56. The molecule has 1 amide bonds. The van der Waals surface area contributed by atoms with Crippen LogP contribution in [0.3, 0.4) is 0 Å². The molecule has 3 aromatic carbocycles. The Hall–Kier alpha value is -3.25. The smallest absolute Gasteiger partial charge is 0.261 e. The number of likely N-dealkylation sites (tertiary alicyclic amines) is 1. The first-order valence-corrected chi connectivity index (χ1v) is 12.4. The predicted octanol–water partition coefficient (Wildman–Crippen LogP) is 5.13. The zero-order chi connectivity index (χ0) is 24.4. The maximum absolute atomic E-state index is 13.6. The van der Waals surface area contributed by atoms with Crippen LogP contribution in [0, 0.1) is 5.92 Å². The molecule has 0 bridgehead atoms. The maximum Gasteiger partial charge on any atom is 0.261 e. The van der Waals surface area contributed by atoms with Gasteiger partial charge in [-0.3, -0.25) is 4.79 Å². The number of hydrogen-bond donors (Lipinski definition) is 1. The molecule has 6 heteroatoms. The summed E-state index contributed by atoms with van der Waals surface area (Å²) in [5.74, 6) is 1.89. The van der Waals surface area contributed by atoms with Crippen LogP contribution in [-0.2, 0) is 4.79 Å². The highest BCUT2D eigenvalue weighted by Crippen LogP contribution is 2.51. The lowest BCUT2D eigenvalue weighted by Crippen LogP contribution is -2.57. The third-order valence-corrected chi connectivity index (χ3v) is 7.73. The van der Waals surface area contributed by atoms with E-state index in [1.807, 2.05) is 59.5 Å². The number of rotatable bonds is 6. The minimum atomic E-state index is -0.785. The van der Waals surface area contributed by atoms with E-state index in [0.29, 0.717) is 30.2 Å². The maximum atomic E-state index is 13.6. The average Bonchev–Trinajstić information content (AvgIpc) is 2.90. The summed E-state index contributed by atoms with van der Waals surface area (Å²) < 4.78 is 17.2. The molecule has 0 unspecified atom stereocenters. The van der Waals surface area contributed by atoms with Crippen molar-refractivity contribution in [1.29, 1.82) is 0 Å². The molecule has 35 heavy (non-hydrogen) atoms. The van der Waals surface area contributed by atoms with Crippen molar-refractivity contribution in [2.75, 3.05) is 27.4 Å². The zero-order valence-electron chi connectivity index (χ0n) is 20.4. The van der Waals surface area contributed by atoms with Crippen molar-refractivity contribution in [3.8, 4) is 17.2 Å². The number of carbonyl (C=O) groups excluding carboxylic acids is 1. The Morgan fingerprint density at radius 2 is 1.77 bits per heavy atom. The van der Waals surface area contributed by atoms with Gasteiger partial charge < -0.3 is 24.2 Å². The van der Waals surface area contributed by atoms with Crippen LogP contribution in [-0.4, -0.2) is 48.9 Å². The molecular weight excluding hydrogens is 442 g/mol. The second kappa shape index (κ2) is 9.78. The van der Waals surface area contributed by atoms with Crippen LogP contribution in [0.15, 0.2) is 60.7 Å². The number of piperidine rings is 1. The summed E-state index contributed by atoms with van der Waals surface area (Å²) in [5, 5.41) is 13.8. The number of aliphatic hydroxyl groups is 1. The molecule has 1 aliphatic heterocycles. The molecule has 3 aromatic rings. The van der Waals surface area contributed by atoms with Crippen molar-refractivity contribution in [2.24, 2.45) is 5.92 Å². The van der Waals surface area contributed by atoms with E-state index in [2.05, 4.69) is 6.07 Å². The Morgan fingerprint density at radius 1 is 0.971 bits per heavy atom. The fourth-order valence-corrected chi connectivity index (χ4v) is 5.90. The standard InChI is InChI=1S/C29H33NO5/c1-33-22-12-13-26(34-2)24(18-22)28-25-9-5-6-14-29(25,32)15-16-30(28)27(31)19-35-23-11-10-20-7-3-4-8-21(20)17-23/h3-4,7-8,10-13,17-18,25,28,32H,5-6,9,14-16,19H2,1-2H3/t25-,28+,29+/m1/s1. The lowest BCUT2D eigenvalue weighted by molar-refractivity contribution is -0.157. The van der Waals surface area contributed by atoms with Crippen molar-refractivity contribution in [2.45, 2.75) is 43.7 Å². The van der Waals surface area contributed by atoms with Crippen LogP contribution in [0.2, 0.25) is 0 Å². The van der Waals surface area contributed by atoms with E-state index in [1.165, 1.54) is 0 Å². The largest absolute Gasteiger partial charge is 0.497 e. The van der Waals surface area contributed by atoms with Crippen LogP contribution in [0.1, 0.15) is 43.7 Å². The molecule has 0 aromatic heterocycles. The van der Waals surface area contributed by atoms with Crippen LogP contribution in [0.25, 0.3) is 10.8 Å². The molecule has 3 atom stereocenters. The minimum Gasteiger partial charge on any atom is -0.497 e. The fraction of sp³-hybridized carbons (Fsp3) is 0.414. The second-order valence-electron chi connectivity index (χ2n) is 9.64. The Bertz CT molecular complexity index is 1210. The number of benzene rings is 3. The number of nitrogens with zero attached hydrogens (tertiary/aromatic N) is 1. The van der Waals surface area contributed by atoms with E-state index in [4.69, 9.17) is 14.2 Å². The number of hydrogen-bond acceptors (Lipinski definition) is 5.